The molecule has 0 fully saturated rings. The van der Waals surface area contributed by atoms with Crippen molar-refractivity contribution >= 4 is 22.6 Å². The predicted octanol–water partition coefficient (Wildman–Crippen LogP) is 5.39. The van der Waals surface area contributed by atoms with E-state index in [-0.39, 0.29) is 18.1 Å². The third kappa shape index (κ3) is 6.08. The number of carbonyl (C=O) groups excluding carboxylic acids is 1. The second-order valence-electron chi connectivity index (χ2n) is 8.89. The Bertz CT molecular complexity index is 1480. The number of fused-ring (bicyclic) bond motifs is 1. The number of urea groups is 1. The second kappa shape index (κ2) is 12.2. The fourth-order valence-corrected chi connectivity index (χ4v) is 4.34. The number of hydrogen-bond acceptors (Lipinski definition) is 5. The Morgan fingerprint density at radius 2 is 1.61 bits per heavy atom. The quantitative estimate of drug-likeness (QED) is 0.295. The van der Waals surface area contributed by atoms with Gasteiger partial charge in [-0.05, 0) is 71.8 Å². The average molecular weight is 516 g/mol. The molecule has 0 radical (unpaired) electrons. The zero-order valence-corrected chi connectivity index (χ0v) is 22.2. The number of para-hydroxylation sites is 2. The SMILES string of the molecule is CCc1ccc2[nH]c(=O)c(CN(CCc3ccc(OC)c(OC)c3)C(=O)Nc3ccccc3OC)cc2c1. The fraction of sp³-hybridized carbons (Fsp3) is 0.267. The third-order valence-electron chi connectivity index (χ3n) is 6.51. The molecule has 0 aliphatic heterocycles. The number of rotatable bonds is 10. The molecule has 2 N–H and O–H groups in total. The summed E-state index contributed by atoms with van der Waals surface area (Å²) in [7, 11) is 4.73. The molecule has 8 nitrogen and oxygen atoms in total. The minimum absolute atomic E-state index is 0.135. The monoisotopic (exact) mass is 515 g/mol. The average Bonchev–Trinajstić information content (AvgIpc) is 2.95. The summed E-state index contributed by atoms with van der Waals surface area (Å²) in [6, 6.07) is 20.4. The summed E-state index contributed by atoms with van der Waals surface area (Å²) in [5.41, 5.74) is 3.76. The van der Waals surface area contributed by atoms with Gasteiger partial charge in [-0.25, -0.2) is 4.79 Å². The van der Waals surface area contributed by atoms with Gasteiger partial charge < -0.3 is 29.4 Å². The lowest BCUT2D eigenvalue weighted by atomic mass is 10.1. The van der Waals surface area contributed by atoms with Crippen molar-refractivity contribution in [2.24, 2.45) is 0 Å². The minimum Gasteiger partial charge on any atom is -0.495 e. The maximum atomic E-state index is 13.5. The van der Waals surface area contributed by atoms with Crippen molar-refractivity contribution in [3.05, 3.63) is 93.8 Å². The number of ether oxygens (including phenoxy) is 3. The largest absolute Gasteiger partial charge is 0.495 e. The lowest BCUT2D eigenvalue weighted by molar-refractivity contribution is 0.209. The van der Waals surface area contributed by atoms with Crippen molar-refractivity contribution in [3.8, 4) is 17.2 Å². The first kappa shape index (κ1) is 26.6. The van der Waals surface area contributed by atoms with Gasteiger partial charge in [-0.1, -0.05) is 31.2 Å². The van der Waals surface area contributed by atoms with Crippen LogP contribution in [-0.2, 0) is 19.4 Å². The van der Waals surface area contributed by atoms with E-state index in [2.05, 4.69) is 23.3 Å². The number of anilines is 1. The topological polar surface area (TPSA) is 92.9 Å². The molecule has 4 rings (SSSR count). The predicted molar refractivity (Wildman–Crippen MR) is 150 cm³/mol. The van der Waals surface area contributed by atoms with Crippen molar-refractivity contribution < 1.29 is 19.0 Å². The molecular weight excluding hydrogens is 482 g/mol. The first-order valence-corrected chi connectivity index (χ1v) is 12.5. The van der Waals surface area contributed by atoms with Crippen LogP contribution in [0.15, 0.2) is 71.5 Å². The Morgan fingerprint density at radius 1 is 0.868 bits per heavy atom. The smallest absolute Gasteiger partial charge is 0.322 e. The lowest BCUT2D eigenvalue weighted by Gasteiger charge is -2.24. The molecule has 4 aromatic rings. The Labute approximate surface area is 222 Å². The van der Waals surface area contributed by atoms with Crippen LogP contribution in [0.5, 0.6) is 17.2 Å². The molecule has 1 heterocycles. The summed E-state index contributed by atoms with van der Waals surface area (Å²) >= 11 is 0. The van der Waals surface area contributed by atoms with E-state index in [1.165, 1.54) is 5.56 Å². The van der Waals surface area contributed by atoms with Gasteiger partial charge in [0.25, 0.3) is 5.56 Å². The van der Waals surface area contributed by atoms with Crippen LogP contribution < -0.4 is 25.1 Å². The maximum Gasteiger partial charge on any atom is 0.322 e. The van der Waals surface area contributed by atoms with Crippen LogP contribution in [0.3, 0.4) is 0 Å². The van der Waals surface area contributed by atoms with E-state index in [9.17, 15) is 9.59 Å². The van der Waals surface area contributed by atoms with Gasteiger partial charge in [0.1, 0.15) is 5.75 Å². The number of benzene rings is 3. The summed E-state index contributed by atoms with van der Waals surface area (Å²) in [5.74, 6) is 1.81. The number of hydrogen-bond donors (Lipinski definition) is 2. The number of aromatic amines is 1. The number of aryl methyl sites for hydroxylation is 1. The molecule has 0 spiro atoms. The molecule has 0 aliphatic carbocycles. The van der Waals surface area contributed by atoms with E-state index >= 15 is 0 Å². The van der Waals surface area contributed by atoms with Crippen LogP contribution >= 0.6 is 0 Å². The molecule has 0 saturated carbocycles. The number of amides is 2. The summed E-state index contributed by atoms with van der Waals surface area (Å²) in [4.78, 5) is 31.1. The third-order valence-corrected chi connectivity index (χ3v) is 6.51. The standard InChI is InChI=1S/C30H33N3O5/c1-5-20-10-12-24-22(16-20)18-23(29(34)31-24)19-33(30(35)32-25-8-6-7-9-26(25)36-2)15-14-21-11-13-27(37-3)28(17-21)38-4/h6-13,16-18H,5,14-15,19H2,1-4H3,(H,31,34)(H,32,35). The van der Waals surface area contributed by atoms with E-state index in [0.717, 1.165) is 22.9 Å². The van der Waals surface area contributed by atoms with Gasteiger partial charge in [-0.3, -0.25) is 4.79 Å². The normalized spacial score (nSPS) is 10.7. The van der Waals surface area contributed by atoms with Gasteiger partial charge in [0.05, 0.1) is 33.6 Å². The van der Waals surface area contributed by atoms with Gasteiger partial charge >= 0.3 is 6.03 Å². The van der Waals surface area contributed by atoms with Crippen LogP contribution in [0.25, 0.3) is 10.9 Å². The molecule has 1 aromatic heterocycles. The van der Waals surface area contributed by atoms with Crippen molar-refractivity contribution in [1.29, 1.82) is 0 Å². The number of pyridine rings is 1. The molecule has 198 valence electrons. The van der Waals surface area contributed by atoms with E-state index in [4.69, 9.17) is 14.2 Å². The Hall–Kier alpha value is -4.46. The van der Waals surface area contributed by atoms with E-state index in [0.29, 0.717) is 41.5 Å². The first-order valence-electron chi connectivity index (χ1n) is 12.5. The van der Waals surface area contributed by atoms with Gasteiger partial charge in [0.15, 0.2) is 11.5 Å². The van der Waals surface area contributed by atoms with E-state index < -0.39 is 0 Å². The zero-order valence-electron chi connectivity index (χ0n) is 22.2. The molecule has 3 aromatic carbocycles. The second-order valence-corrected chi connectivity index (χ2v) is 8.89. The Kier molecular flexibility index (Phi) is 8.53. The van der Waals surface area contributed by atoms with Crippen LogP contribution in [0.2, 0.25) is 0 Å². The number of aromatic nitrogens is 1. The van der Waals surface area contributed by atoms with Crippen LogP contribution in [0, 0.1) is 0 Å². The van der Waals surface area contributed by atoms with Gasteiger partial charge in [-0.2, -0.15) is 0 Å². The summed E-state index contributed by atoms with van der Waals surface area (Å²) in [6.07, 6.45) is 1.44. The van der Waals surface area contributed by atoms with Gasteiger partial charge in [-0.15, -0.1) is 0 Å². The summed E-state index contributed by atoms with van der Waals surface area (Å²) in [6.45, 7) is 2.59. The number of H-pyrrole nitrogens is 1. The molecule has 38 heavy (non-hydrogen) atoms. The highest BCUT2D eigenvalue weighted by atomic mass is 16.5. The van der Waals surface area contributed by atoms with Gasteiger partial charge in [0.2, 0.25) is 0 Å². The van der Waals surface area contributed by atoms with E-state index in [1.54, 1.807) is 38.4 Å². The van der Waals surface area contributed by atoms with Crippen molar-refractivity contribution in [1.82, 2.24) is 9.88 Å². The number of nitrogens with zero attached hydrogens (tertiary/aromatic N) is 1. The highest BCUT2D eigenvalue weighted by Crippen LogP contribution is 2.28. The highest BCUT2D eigenvalue weighted by molar-refractivity contribution is 5.91. The maximum absolute atomic E-state index is 13.5. The number of carbonyl (C=O) groups is 1. The lowest BCUT2D eigenvalue weighted by Crippen LogP contribution is -2.37. The van der Waals surface area contributed by atoms with Crippen molar-refractivity contribution in [2.45, 2.75) is 26.3 Å². The number of methoxy groups -OCH3 is 3. The van der Waals surface area contributed by atoms with E-state index in [1.807, 2.05) is 48.5 Å². The van der Waals surface area contributed by atoms with Crippen LogP contribution in [0.4, 0.5) is 10.5 Å². The fourth-order valence-electron chi connectivity index (χ4n) is 4.34. The Morgan fingerprint density at radius 3 is 2.34 bits per heavy atom. The molecule has 0 bridgehead atoms. The molecule has 8 heteroatoms. The number of nitrogens with one attached hydrogen (secondary N) is 2. The zero-order chi connectivity index (χ0) is 27.1. The highest BCUT2D eigenvalue weighted by Gasteiger charge is 2.18. The van der Waals surface area contributed by atoms with Crippen LogP contribution in [0.1, 0.15) is 23.6 Å². The molecule has 2 amide bonds. The van der Waals surface area contributed by atoms with Crippen molar-refractivity contribution in [2.75, 3.05) is 33.2 Å². The molecule has 0 saturated heterocycles. The van der Waals surface area contributed by atoms with Gasteiger partial charge in [0, 0.05) is 17.6 Å². The molecule has 0 atom stereocenters. The van der Waals surface area contributed by atoms with Crippen LogP contribution in [-0.4, -0.2) is 43.8 Å². The minimum atomic E-state index is -0.336. The Balaban J connectivity index is 1.63. The summed E-state index contributed by atoms with van der Waals surface area (Å²) < 4.78 is 16.2. The van der Waals surface area contributed by atoms with Crippen molar-refractivity contribution in [3.63, 3.8) is 0 Å². The molecule has 0 unspecified atom stereocenters. The molecule has 0 aliphatic rings. The molecular formula is C30H33N3O5. The first-order chi connectivity index (χ1) is 18.4. The summed E-state index contributed by atoms with van der Waals surface area (Å²) in [5, 5.41) is 3.87.